The number of amides is 3. The van der Waals surface area contributed by atoms with Crippen molar-refractivity contribution >= 4 is 54.8 Å². The number of carboxylic acid groups (broad SMARTS) is 2. The summed E-state index contributed by atoms with van der Waals surface area (Å²) in [5.41, 5.74) is -5.78. The van der Waals surface area contributed by atoms with Gasteiger partial charge in [0.1, 0.15) is 12.1 Å². The monoisotopic (exact) mass is 703 g/mol. The third-order valence-electron chi connectivity index (χ3n) is 7.70. The van der Waals surface area contributed by atoms with E-state index in [9.17, 15) is 65.5 Å². The summed E-state index contributed by atoms with van der Waals surface area (Å²) >= 11 is 0. The SMILES string of the molecule is CC(NC(=O)c1cc2c(c(C(F)(F)F)c1)COB2O)C(NC(=O)c1cc2c(c(C(F)(F)F)c1)COB2O)C(=O)NC(CCC(=O)O)C(=O)O. The summed E-state index contributed by atoms with van der Waals surface area (Å²) in [5.74, 6) is -7.21. The van der Waals surface area contributed by atoms with Crippen LogP contribution in [0.4, 0.5) is 26.3 Å². The normalized spacial score (nSPS) is 15.9. The molecule has 0 fully saturated rings. The van der Waals surface area contributed by atoms with E-state index < -0.39 is 139 Å². The first-order valence-electron chi connectivity index (χ1n) is 14.1. The molecule has 0 saturated heterocycles. The minimum absolute atomic E-state index is 0.374. The molecular formula is C27H25B2F6N3O11. The Morgan fingerprint density at radius 1 is 0.776 bits per heavy atom. The van der Waals surface area contributed by atoms with E-state index in [0.29, 0.717) is 12.1 Å². The fourth-order valence-corrected chi connectivity index (χ4v) is 5.23. The summed E-state index contributed by atoms with van der Waals surface area (Å²) in [6.45, 7) is -0.213. The molecule has 7 N–H and O–H groups in total. The number of rotatable bonds is 11. The van der Waals surface area contributed by atoms with Crippen molar-refractivity contribution in [3.8, 4) is 0 Å². The van der Waals surface area contributed by atoms with Gasteiger partial charge in [-0.15, -0.1) is 0 Å². The number of carboxylic acids is 2. The number of nitrogens with one attached hydrogen (secondary N) is 3. The number of halogens is 6. The fourth-order valence-electron chi connectivity index (χ4n) is 5.23. The van der Waals surface area contributed by atoms with Crippen LogP contribution in [0.5, 0.6) is 0 Å². The Morgan fingerprint density at radius 3 is 1.63 bits per heavy atom. The lowest BCUT2D eigenvalue weighted by atomic mass is 9.77. The number of hydrogen-bond acceptors (Lipinski definition) is 9. The molecule has 14 nitrogen and oxygen atoms in total. The van der Waals surface area contributed by atoms with Crippen LogP contribution < -0.4 is 26.9 Å². The van der Waals surface area contributed by atoms with Crippen molar-refractivity contribution in [3.05, 3.63) is 57.6 Å². The van der Waals surface area contributed by atoms with Crippen molar-refractivity contribution in [2.24, 2.45) is 0 Å². The van der Waals surface area contributed by atoms with E-state index in [4.69, 9.17) is 14.4 Å². The Hall–Kier alpha value is -4.66. The maximum absolute atomic E-state index is 13.8. The first-order valence-corrected chi connectivity index (χ1v) is 14.1. The molecule has 3 atom stereocenters. The van der Waals surface area contributed by atoms with E-state index in [1.807, 2.05) is 5.32 Å². The molecule has 22 heteroatoms. The number of benzene rings is 2. The molecule has 0 spiro atoms. The molecule has 3 amide bonds. The molecular weight excluding hydrogens is 678 g/mol. The van der Waals surface area contributed by atoms with Gasteiger partial charge in [0.05, 0.1) is 30.4 Å². The lowest BCUT2D eigenvalue weighted by Crippen LogP contribution is -2.59. The number of aliphatic carboxylic acids is 2. The number of hydrogen-bond donors (Lipinski definition) is 7. The van der Waals surface area contributed by atoms with Crippen molar-refractivity contribution in [2.75, 3.05) is 0 Å². The lowest BCUT2D eigenvalue weighted by molar-refractivity contribution is -0.143. The second kappa shape index (κ2) is 14.1. The van der Waals surface area contributed by atoms with Crippen LogP contribution in [0.1, 0.15) is 62.7 Å². The van der Waals surface area contributed by atoms with Crippen LogP contribution in [0.25, 0.3) is 0 Å². The van der Waals surface area contributed by atoms with Gasteiger partial charge in [-0.25, -0.2) is 4.79 Å². The third-order valence-corrected chi connectivity index (χ3v) is 7.70. The van der Waals surface area contributed by atoms with Crippen LogP contribution in [-0.2, 0) is 49.3 Å². The van der Waals surface area contributed by atoms with Crippen molar-refractivity contribution in [1.29, 1.82) is 0 Å². The molecule has 262 valence electrons. The van der Waals surface area contributed by atoms with E-state index in [-0.39, 0.29) is 5.46 Å². The van der Waals surface area contributed by atoms with Gasteiger partial charge in [-0.3, -0.25) is 19.2 Å². The minimum Gasteiger partial charge on any atom is -0.481 e. The highest BCUT2D eigenvalue weighted by molar-refractivity contribution is 6.62. The van der Waals surface area contributed by atoms with Crippen LogP contribution in [0.3, 0.4) is 0 Å². The Bertz CT molecular complexity index is 1690. The standard InChI is InChI=1S/C27H25B2F6N3O11/c1-10(36-22(41)11-4-15(26(30,31)32)13-8-48-28(46)17(13)6-11)21(24(43)37-19(25(44)45)2-3-20(39)40)38-23(42)12-5-16(27(33,34)35)14-9-49-29(47)18(14)7-12/h4-7,10,19,21,46-47H,2-3,8-9H2,1H3,(H,36,41)(H,37,43)(H,38,42)(H,39,40)(H,44,45). The summed E-state index contributed by atoms with van der Waals surface area (Å²) in [6.07, 6.45) is -11.4. The van der Waals surface area contributed by atoms with Crippen LogP contribution in [0.15, 0.2) is 24.3 Å². The number of alkyl halides is 6. The smallest absolute Gasteiger partial charge is 0.481 e. The molecule has 49 heavy (non-hydrogen) atoms. The summed E-state index contributed by atoms with van der Waals surface area (Å²) < 4.78 is 92.5. The summed E-state index contributed by atoms with van der Waals surface area (Å²) in [6, 6.07) is -2.98. The number of carbonyl (C=O) groups is 5. The Kier molecular flexibility index (Phi) is 10.7. The van der Waals surface area contributed by atoms with Gasteiger partial charge in [0, 0.05) is 17.5 Å². The molecule has 2 aromatic carbocycles. The molecule has 4 rings (SSSR count). The van der Waals surface area contributed by atoms with Crippen molar-refractivity contribution in [1.82, 2.24) is 16.0 Å². The van der Waals surface area contributed by atoms with Gasteiger partial charge in [0.2, 0.25) is 5.91 Å². The van der Waals surface area contributed by atoms with Gasteiger partial charge in [0.15, 0.2) is 0 Å². The molecule has 2 heterocycles. The van der Waals surface area contributed by atoms with Crippen LogP contribution in [0, 0.1) is 0 Å². The van der Waals surface area contributed by atoms with Gasteiger partial charge in [0.25, 0.3) is 11.8 Å². The molecule has 2 aliphatic rings. The minimum atomic E-state index is -5.03. The molecule has 2 aliphatic heterocycles. The fraction of sp³-hybridized carbons (Fsp3) is 0.370. The molecule has 0 aromatic heterocycles. The Labute approximate surface area is 272 Å². The third kappa shape index (κ3) is 8.32. The second-order valence-corrected chi connectivity index (χ2v) is 11.1. The van der Waals surface area contributed by atoms with Crippen LogP contribution >= 0.6 is 0 Å². The highest BCUT2D eigenvalue weighted by atomic mass is 19.4. The van der Waals surface area contributed by atoms with Crippen LogP contribution in [-0.4, -0.2) is 82.3 Å². The van der Waals surface area contributed by atoms with E-state index in [1.165, 1.54) is 0 Å². The summed E-state index contributed by atoms with van der Waals surface area (Å²) in [7, 11) is -3.65. The van der Waals surface area contributed by atoms with E-state index in [1.54, 1.807) is 0 Å². The average Bonchev–Trinajstić information content (AvgIpc) is 3.57. The molecule has 0 bridgehead atoms. The molecule has 0 radical (unpaired) electrons. The van der Waals surface area contributed by atoms with E-state index in [0.717, 1.165) is 19.1 Å². The van der Waals surface area contributed by atoms with Gasteiger partial charge in [-0.05, 0) is 59.7 Å². The number of carbonyl (C=O) groups excluding carboxylic acids is 3. The van der Waals surface area contributed by atoms with Gasteiger partial charge in [-0.2, -0.15) is 26.3 Å². The van der Waals surface area contributed by atoms with Crippen molar-refractivity contribution < 1.29 is 79.9 Å². The molecule has 3 unspecified atom stereocenters. The van der Waals surface area contributed by atoms with Gasteiger partial charge in [-0.1, -0.05) is 0 Å². The highest BCUT2D eigenvalue weighted by Crippen LogP contribution is 2.35. The predicted molar refractivity (Wildman–Crippen MR) is 152 cm³/mol. The zero-order valence-corrected chi connectivity index (χ0v) is 24.9. The quantitative estimate of drug-likeness (QED) is 0.117. The zero-order valence-electron chi connectivity index (χ0n) is 24.9. The number of fused-ring (bicyclic) bond motifs is 2. The predicted octanol–water partition coefficient (Wildman–Crippen LogP) is -0.489. The van der Waals surface area contributed by atoms with Gasteiger partial charge >= 0.3 is 38.5 Å². The van der Waals surface area contributed by atoms with E-state index >= 15 is 0 Å². The topological polar surface area (TPSA) is 221 Å². The summed E-state index contributed by atoms with van der Waals surface area (Å²) in [4.78, 5) is 62.5. The molecule has 0 aliphatic carbocycles. The maximum Gasteiger partial charge on any atom is 0.491 e. The Balaban J connectivity index is 1.68. The maximum atomic E-state index is 13.8. The highest BCUT2D eigenvalue weighted by Gasteiger charge is 2.42. The zero-order chi connectivity index (χ0) is 36.6. The van der Waals surface area contributed by atoms with E-state index in [2.05, 4.69) is 10.6 Å². The first-order chi connectivity index (χ1) is 22.7. The van der Waals surface area contributed by atoms with Gasteiger partial charge < -0.3 is 45.5 Å². The first kappa shape index (κ1) is 37.2. The molecule has 0 saturated carbocycles. The Morgan fingerprint density at radius 2 is 1.22 bits per heavy atom. The second-order valence-electron chi connectivity index (χ2n) is 11.1. The lowest BCUT2D eigenvalue weighted by Gasteiger charge is -2.27. The van der Waals surface area contributed by atoms with Crippen molar-refractivity contribution in [3.63, 3.8) is 0 Å². The van der Waals surface area contributed by atoms with Crippen LogP contribution in [0.2, 0.25) is 0 Å². The molecule has 2 aromatic rings. The largest absolute Gasteiger partial charge is 0.491 e. The average molecular weight is 703 g/mol. The summed E-state index contributed by atoms with van der Waals surface area (Å²) in [5, 5.41) is 44.6. The van der Waals surface area contributed by atoms with Crippen molar-refractivity contribution in [2.45, 2.75) is 63.5 Å².